The van der Waals surface area contributed by atoms with Crippen LogP contribution in [0.2, 0.25) is 0 Å². The van der Waals surface area contributed by atoms with Crippen LogP contribution < -0.4 is 0 Å². The summed E-state index contributed by atoms with van der Waals surface area (Å²) < 4.78 is 0. The highest BCUT2D eigenvalue weighted by atomic mass is 16.2. The number of carbonyl (C=O) groups is 1. The van der Waals surface area contributed by atoms with Crippen LogP contribution >= 0.6 is 0 Å². The molecule has 0 N–H and O–H groups in total. The monoisotopic (exact) mass is 240 g/mol. The molecule has 0 saturated carbocycles. The summed E-state index contributed by atoms with van der Waals surface area (Å²) in [7, 11) is 0. The normalized spacial score (nSPS) is 19.9. The van der Waals surface area contributed by atoms with Crippen molar-refractivity contribution in [3.8, 4) is 0 Å². The second kappa shape index (κ2) is 4.97. The topological polar surface area (TPSA) is 23.6 Å². The molecule has 0 unspecified atom stereocenters. The molecule has 1 aliphatic rings. The fourth-order valence-electron chi connectivity index (χ4n) is 2.30. The van der Waals surface area contributed by atoms with Crippen LogP contribution in [0.3, 0.4) is 0 Å². The Bertz CT molecular complexity index is 273. The van der Waals surface area contributed by atoms with Crippen LogP contribution in [0, 0.1) is 10.8 Å². The molecule has 0 atom stereocenters. The summed E-state index contributed by atoms with van der Waals surface area (Å²) in [6, 6.07) is 0. The Morgan fingerprint density at radius 1 is 0.941 bits per heavy atom. The molecule has 1 saturated heterocycles. The van der Waals surface area contributed by atoms with Crippen LogP contribution in [-0.2, 0) is 4.79 Å². The Balaban J connectivity index is 2.48. The second-order valence-corrected chi connectivity index (χ2v) is 7.65. The van der Waals surface area contributed by atoms with Crippen molar-refractivity contribution in [2.45, 2.75) is 41.5 Å². The highest BCUT2D eigenvalue weighted by Crippen LogP contribution is 2.19. The molecule has 0 aliphatic carbocycles. The van der Waals surface area contributed by atoms with Gasteiger partial charge in [0.1, 0.15) is 0 Å². The summed E-state index contributed by atoms with van der Waals surface area (Å²) in [5.41, 5.74) is 0.467. The molecule has 0 aromatic carbocycles. The zero-order valence-corrected chi connectivity index (χ0v) is 12.3. The lowest BCUT2D eigenvalue weighted by Gasteiger charge is -2.39. The Hall–Kier alpha value is -0.570. The highest BCUT2D eigenvalue weighted by molar-refractivity contribution is 5.79. The van der Waals surface area contributed by atoms with Gasteiger partial charge < -0.3 is 4.90 Å². The lowest BCUT2D eigenvalue weighted by Crippen LogP contribution is -2.53. The van der Waals surface area contributed by atoms with Crippen molar-refractivity contribution in [1.29, 1.82) is 0 Å². The molecule has 1 rings (SSSR count). The van der Waals surface area contributed by atoms with E-state index in [1.54, 1.807) is 0 Å². The largest absolute Gasteiger partial charge is 0.340 e. The third-order valence-electron chi connectivity index (χ3n) is 2.76. The number of rotatable bonds is 2. The van der Waals surface area contributed by atoms with E-state index >= 15 is 0 Å². The molecule has 3 heteroatoms. The Kier molecular flexibility index (Phi) is 4.23. The maximum atomic E-state index is 12.1. The average molecular weight is 240 g/mol. The third-order valence-corrected chi connectivity index (χ3v) is 2.76. The molecule has 0 bridgehead atoms. The number of amides is 1. The SMILES string of the molecule is CC(C)(C)CN1CCN(CC(C)(C)C)C(=O)C1. The van der Waals surface area contributed by atoms with Gasteiger partial charge in [-0.3, -0.25) is 9.69 Å². The van der Waals surface area contributed by atoms with E-state index in [1.165, 1.54) is 0 Å². The average Bonchev–Trinajstić information content (AvgIpc) is 2.05. The van der Waals surface area contributed by atoms with Gasteiger partial charge in [-0.15, -0.1) is 0 Å². The van der Waals surface area contributed by atoms with E-state index in [1.807, 2.05) is 4.90 Å². The second-order valence-electron chi connectivity index (χ2n) is 7.65. The standard InChI is InChI=1S/C14H28N2O/c1-13(2,3)10-15-7-8-16(12(17)9-15)11-14(4,5)6/h7-11H2,1-6H3. The van der Waals surface area contributed by atoms with Gasteiger partial charge in [0.2, 0.25) is 5.91 Å². The molecule has 3 nitrogen and oxygen atoms in total. The van der Waals surface area contributed by atoms with E-state index in [-0.39, 0.29) is 16.7 Å². The molecule has 1 amide bonds. The van der Waals surface area contributed by atoms with Gasteiger partial charge in [0, 0.05) is 26.2 Å². The molecule has 1 heterocycles. The maximum Gasteiger partial charge on any atom is 0.236 e. The van der Waals surface area contributed by atoms with Crippen molar-refractivity contribution in [2.75, 3.05) is 32.7 Å². The van der Waals surface area contributed by atoms with Crippen LogP contribution in [0.15, 0.2) is 0 Å². The van der Waals surface area contributed by atoms with Crippen molar-refractivity contribution in [3.05, 3.63) is 0 Å². The van der Waals surface area contributed by atoms with Gasteiger partial charge in [0.05, 0.1) is 6.54 Å². The Labute approximate surface area is 106 Å². The maximum absolute atomic E-state index is 12.1. The number of hydrogen-bond acceptors (Lipinski definition) is 2. The minimum atomic E-state index is 0.196. The fourth-order valence-corrected chi connectivity index (χ4v) is 2.30. The summed E-state index contributed by atoms with van der Waals surface area (Å²) in [5, 5.41) is 0. The Morgan fingerprint density at radius 3 is 1.88 bits per heavy atom. The first-order chi connectivity index (χ1) is 7.57. The van der Waals surface area contributed by atoms with E-state index < -0.39 is 0 Å². The van der Waals surface area contributed by atoms with Gasteiger partial charge in [-0.2, -0.15) is 0 Å². The zero-order chi connectivity index (χ0) is 13.3. The van der Waals surface area contributed by atoms with Gasteiger partial charge in [0.15, 0.2) is 0 Å². The Morgan fingerprint density at radius 2 is 1.47 bits per heavy atom. The fraction of sp³-hybridized carbons (Fsp3) is 0.929. The quantitative estimate of drug-likeness (QED) is 0.739. The molecule has 0 aromatic heterocycles. The predicted molar refractivity (Wildman–Crippen MR) is 71.9 cm³/mol. The van der Waals surface area contributed by atoms with Crippen molar-refractivity contribution >= 4 is 5.91 Å². The van der Waals surface area contributed by atoms with Crippen LogP contribution in [0.5, 0.6) is 0 Å². The van der Waals surface area contributed by atoms with Gasteiger partial charge in [-0.05, 0) is 10.8 Å². The van der Waals surface area contributed by atoms with Crippen molar-refractivity contribution < 1.29 is 4.79 Å². The van der Waals surface area contributed by atoms with Crippen molar-refractivity contribution in [1.82, 2.24) is 9.80 Å². The van der Waals surface area contributed by atoms with Crippen molar-refractivity contribution in [3.63, 3.8) is 0 Å². The third kappa shape index (κ3) is 5.53. The summed E-state index contributed by atoms with van der Waals surface area (Å²) in [6.45, 7) is 17.6. The van der Waals surface area contributed by atoms with Gasteiger partial charge in [-0.1, -0.05) is 41.5 Å². The van der Waals surface area contributed by atoms with E-state index in [9.17, 15) is 4.79 Å². The minimum absolute atomic E-state index is 0.196. The minimum Gasteiger partial charge on any atom is -0.340 e. The van der Waals surface area contributed by atoms with Crippen LogP contribution in [0.25, 0.3) is 0 Å². The molecular weight excluding hydrogens is 212 g/mol. The first-order valence-electron chi connectivity index (χ1n) is 6.57. The van der Waals surface area contributed by atoms with Gasteiger partial charge >= 0.3 is 0 Å². The summed E-state index contributed by atoms with van der Waals surface area (Å²) in [6.07, 6.45) is 0. The number of nitrogens with zero attached hydrogens (tertiary/aromatic N) is 2. The smallest absolute Gasteiger partial charge is 0.236 e. The summed E-state index contributed by atoms with van der Waals surface area (Å²) in [5.74, 6) is 0.287. The van der Waals surface area contributed by atoms with Gasteiger partial charge in [-0.25, -0.2) is 0 Å². The lowest BCUT2D eigenvalue weighted by atomic mass is 9.94. The van der Waals surface area contributed by atoms with E-state index in [4.69, 9.17) is 0 Å². The lowest BCUT2D eigenvalue weighted by molar-refractivity contribution is -0.137. The summed E-state index contributed by atoms with van der Waals surface area (Å²) >= 11 is 0. The van der Waals surface area contributed by atoms with E-state index in [2.05, 4.69) is 46.4 Å². The molecule has 0 radical (unpaired) electrons. The molecule has 100 valence electrons. The molecule has 0 spiro atoms. The first kappa shape index (κ1) is 14.5. The zero-order valence-electron chi connectivity index (χ0n) is 12.3. The highest BCUT2D eigenvalue weighted by Gasteiger charge is 2.28. The van der Waals surface area contributed by atoms with E-state index in [0.29, 0.717) is 6.54 Å². The number of piperazine rings is 1. The molecule has 17 heavy (non-hydrogen) atoms. The molecule has 0 aromatic rings. The number of hydrogen-bond donors (Lipinski definition) is 0. The molecule has 1 fully saturated rings. The predicted octanol–water partition coefficient (Wildman–Crippen LogP) is 2.22. The van der Waals surface area contributed by atoms with Crippen LogP contribution in [-0.4, -0.2) is 48.4 Å². The van der Waals surface area contributed by atoms with Crippen molar-refractivity contribution in [2.24, 2.45) is 10.8 Å². The van der Waals surface area contributed by atoms with E-state index in [0.717, 1.165) is 26.2 Å². The van der Waals surface area contributed by atoms with Crippen LogP contribution in [0.4, 0.5) is 0 Å². The molecule has 1 aliphatic heterocycles. The van der Waals surface area contributed by atoms with Crippen LogP contribution in [0.1, 0.15) is 41.5 Å². The van der Waals surface area contributed by atoms with Gasteiger partial charge in [0.25, 0.3) is 0 Å². The summed E-state index contributed by atoms with van der Waals surface area (Å²) in [4.78, 5) is 16.3. The first-order valence-corrected chi connectivity index (χ1v) is 6.57. The number of carbonyl (C=O) groups excluding carboxylic acids is 1. The molecular formula is C14H28N2O.